The highest BCUT2D eigenvalue weighted by Gasteiger charge is 2.30. The van der Waals surface area contributed by atoms with E-state index in [0.717, 1.165) is 25.3 Å². The van der Waals surface area contributed by atoms with Crippen LogP contribution in [0.15, 0.2) is 0 Å². The van der Waals surface area contributed by atoms with Crippen LogP contribution in [0.5, 0.6) is 0 Å². The molecule has 0 aliphatic heterocycles. The third-order valence-corrected chi connectivity index (χ3v) is 4.66. The van der Waals surface area contributed by atoms with E-state index < -0.39 is 5.54 Å². The second-order valence-corrected chi connectivity index (χ2v) is 7.37. The minimum atomic E-state index is -0.583. The number of rotatable bonds is 9. The molecule has 1 aliphatic carbocycles. The largest absolute Gasteiger partial charge is 0.368 e. The fourth-order valence-corrected chi connectivity index (χ4v) is 3.51. The van der Waals surface area contributed by atoms with Gasteiger partial charge >= 0.3 is 0 Å². The van der Waals surface area contributed by atoms with Crippen LogP contribution in [0.25, 0.3) is 0 Å². The van der Waals surface area contributed by atoms with Gasteiger partial charge in [0.15, 0.2) is 0 Å². The van der Waals surface area contributed by atoms with Crippen molar-refractivity contribution in [2.45, 2.75) is 77.3 Å². The van der Waals surface area contributed by atoms with Crippen LogP contribution in [-0.4, -0.2) is 42.5 Å². The summed E-state index contributed by atoms with van der Waals surface area (Å²) in [7, 11) is 2.20. The molecule has 0 spiro atoms. The van der Waals surface area contributed by atoms with Gasteiger partial charge in [-0.2, -0.15) is 0 Å². The van der Waals surface area contributed by atoms with Gasteiger partial charge in [0.1, 0.15) is 0 Å². The van der Waals surface area contributed by atoms with Crippen LogP contribution >= 0.6 is 0 Å². The molecule has 0 aromatic rings. The number of primary amides is 1. The predicted molar refractivity (Wildman–Crippen MR) is 89.2 cm³/mol. The first-order chi connectivity index (χ1) is 9.83. The van der Waals surface area contributed by atoms with Gasteiger partial charge < -0.3 is 16.0 Å². The molecule has 1 atom stereocenters. The molecule has 0 aromatic carbocycles. The van der Waals surface area contributed by atoms with E-state index in [2.05, 4.69) is 31.1 Å². The minimum absolute atomic E-state index is 0.244. The van der Waals surface area contributed by atoms with Crippen LogP contribution in [0.1, 0.15) is 65.7 Å². The third kappa shape index (κ3) is 6.79. The Morgan fingerprint density at radius 2 is 1.95 bits per heavy atom. The van der Waals surface area contributed by atoms with E-state index in [9.17, 15) is 4.79 Å². The zero-order valence-electron chi connectivity index (χ0n) is 14.5. The van der Waals surface area contributed by atoms with Gasteiger partial charge in [-0.25, -0.2) is 0 Å². The maximum atomic E-state index is 11.7. The lowest BCUT2D eigenvalue weighted by Gasteiger charge is -2.31. The van der Waals surface area contributed by atoms with Gasteiger partial charge in [-0.3, -0.25) is 4.79 Å². The molecular formula is C17H35N3O. The molecule has 1 unspecified atom stereocenters. The Kier molecular flexibility index (Phi) is 7.67. The number of nitrogens with two attached hydrogens (primary N) is 1. The predicted octanol–water partition coefficient (Wildman–Crippen LogP) is 2.52. The Hall–Kier alpha value is -0.610. The number of nitrogens with zero attached hydrogens (tertiary/aromatic N) is 1. The average Bonchev–Trinajstić information content (AvgIpc) is 2.38. The highest BCUT2D eigenvalue weighted by Crippen LogP contribution is 2.24. The van der Waals surface area contributed by atoms with Crippen molar-refractivity contribution in [3.63, 3.8) is 0 Å². The van der Waals surface area contributed by atoms with Gasteiger partial charge in [-0.15, -0.1) is 0 Å². The molecule has 1 rings (SSSR count). The Labute approximate surface area is 130 Å². The first kappa shape index (κ1) is 18.4. The monoisotopic (exact) mass is 297 g/mol. The highest BCUT2D eigenvalue weighted by atomic mass is 16.1. The topological polar surface area (TPSA) is 58.4 Å². The van der Waals surface area contributed by atoms with Crippen LogP contribution < -0.4 is 11.1 Å². The summed E-state index contributed by atoms with van der Waals surface area (Å²) < 4.78 is 0. The Balaban J connectivity index is 2.30. The SMILES string of the molecule is CC(C)NC(C)(CCCN(C)CC1CCCCC1)C(N)=O. The summed E-state index contributed by atoms with van der Waals surface area (Å²) in [5, 5.41) is 3.32. The number of carbonyl (C=O) groups excluding carboxylic acids is 1. The summed E-state index contributed by atoms with van der Waals surface area (Å²) in [5.41, 5.74) is 4.99. The number of hydrogen-bond donors (Lipinski definition) is 2. The van der Waals surface area contributed by atoms with Crippen molar-refractivity contribution in [1.29, 1.82) is 0 Å². The molecule has 0 saturated heterocycles. The molecular weight excluding hydrogens is 262 g/mol. The molecule has 4 nitrogen and oxygen atoms in total. The van der Waals surface area contributed by atoms with Gasteiger partial charge in [-0.1, -0.05) is 19.3 Å². The van der Waals surface area contributed by atoms with Gasteiger partial charge in [-0.05, 0) is 66.0 Å². The number of carbonyl (C=O) groups is 1. The van der Waals surface area contributed by atoms with E-state index in [-0.39, 0.29) is 11.9 Å². The lowest BCUT2D eigenvalue weighted by atomic mass is 9.89. The van der Waals surface area contributed by atoms with E-state index in [1.807, 2.05) is 6.92 Å². The van der Waals surface area contributed by atoms with Crippen LogP contribution in [-0.2, 0) is 4.79 Å². The summed E-state index contributed by atoms with van der Waals surface area (Å²) in [4.78, 5) is 14.1. The molecule has 3 N–H and O–H groups in total. The normalized spacial score (nSPS) is 19.9. The first-order valence-electron chi connectivity index (χ1n) is 8.59. The summed E-state index contributed by atoms with van der Waals surface area (Å²) in [6.07, 6.45) is 8.79. The summed E-state index contributed by atoms with van der Waals surface area (Å²) in [6.45, 7) is 8.27. The molecule has 1 fully saturated rings. The maximum Gasteiger partial charge on any atom is 0.237 e. The lowest BCUT2D eigenvalue weighted by Crippen LogP contribution is -2.55. The maximum absolute atomic E-state index is 11.7. The third-order valence-electron chi connectivity index (χ3n) is 4.66. The first-order valence-corrected chi connectivity index (χ1v) is 8.59. The second-order valence-electron chi connectivity index (χ2n) is 7.37. The van der Waals surface area contributed by atoms with Crippen molar-refractivity contribution in [3.05, 3.63) is 0 Å². The van der Waals surface area contributed by atoms with Crippen LogP contribution in [0.2, 0.25) is 0 Å². The molecule has 1 saturated carbocycles. The van der Waals surface area contributed by atoms with E-state index in [1.54, 1.807) is 0 Å². The zero-order chi connectivity index (χ0) is 15.9. The molecule has 4 heteroatoms. The number of nitrogens with one attached hydrogen (secondary N) is 1. The van der Waals surface area contributed by atoms with Crippen molar-refractivity contribution in [2.75, 3.05) is 20.1 Å². The quantitative estimate of drug-likeness (QED) is 0.687. The molecule has 0 aromatic heterocycles. The summed E-state index contributed by atoms with van der Waals surface area (Å²) >= 11 is 0. The van der Waals surface area contributed by atoms with Crippen LogP contribution in [0, 0.1) is 5.92 Å². The molecule has 0 bridgehead atoms. The van der Waals surface area contributed by atoms with E-state index >= 15 is 0 Å². The smallest absolute Gasteiger partial charge is 0.237 e. The molecule has 21 heavy (non-hydrogen) atoms. The van der Waals surface area contributed by atoms with Crippen LogP contribution in [0.4, 0.5) is 0 Å². The van der Waals surface area contributed by atoms with Gasteiger partial charge in [0.25, 0.3) is 0 Å². The molecule has 124 valence electrons. The Morgan fingerprint density at radius 3 is 2.48 bits per heavy atom. The fraction of sp³-hybridized carbons (Fsp3) is 0.941. The molecule has 1 amide bonds. The van der Waals surface area contributed by atoms with E-state index in [0.29, 0.717) is 0 Å². The van der Waals surface area contributed by atoms with Crippen LogP contribution in [0.3, 0.4) is 0 Å². The molecule has 0 radical (unpaired) electrons. The van der Waals surface area contributed by atoms with Crippen molar-refractivity contribution in [2.24, 2.45) is 11.7 Å². The standard InChI is InChI=1S/C17H35N3O/c1-14(2)19-17(3,16(18)21)11-8-12-20(4)13-15-9-6-5-7-10-15/h14-15,19H,5-13H2,1-4H3,(H2,18,21). The molecule has 0 heterocycles. The molecule has 1 aliphatic rings. The summed E-state index contributed by atoms with van der Waals surface area (Å²) in [5.74, 6) is 0.631. The van der Waals surface area contributed by atoms with Gasteiger partial charge in [0.2, 0.25) is 5.91 Å². The van der Waals surface area contributed by atoms with Crippen molar-refractivity contribution in [1.82, 2.24) is 10.2 Å². The average molecular weight is 297 g/mol. The second kappa shape index (κ2) is 8.74. The Bertz CT molecular complexity index is 313. The van der Waals surface area contributed by atoms with E-state index in [1.165, 1.54) is 38.6 Å². The number of amides is 1. The Morgan fingerprint density at radius 1 is 1.33 bits per heavy atom. The van der Waals surface area contributed by atoms with E-state index in [4.69, 9.17) is 5.73 Å². The fourth-order valence-electron chi connectivity index (χ4n) is 3.51. The van der Waals surface area contributed by atoms with Gasteiger partial charge in [0, 0.05) is 12.6 Å². The zero-order valence-corrected chi connectivity index (χ0v) is 14.5. The van der Waals surface area contributed by atoms with Crippen molar-refractivity contribution >= 4 is 5.91 Å². The van der Waals surface area contributed by atoms with Crippen molar-refractivity contribution in [3.8, 4) is 0 Å². The lowest BCUT2D eigenvalue weighted by molar-refractivity contribution is -0.124. The van der Waals surface area contributed by atoms with Crippen molar-refractivity contribution < 1.29 is 4.79 Å². The number of hydrogen-bond acceptors (Lipinski definition) is 3. The minimum Gasteiger partial charge on any atom is -0.368 e. The summed E-state index contributed by atoms with van der Waals surface area (Å²) in [6, 6.07) is 0.266. The highest BCUT2D eigenvalue weighted by molar-refractivity contribution is 5.84. The van der Waals surface area contributed by atoms with Gasteiger partial charge in [0.05, 0.1) is 5.54 Å².